The molecule has 1 saturated carbocycles. The van der Waals surface area contributed by atoms with Crippen molar-refractivity contribution in [3.8, 4) is 0 Å². The van der Waals surface area contributed by atoms with Crippen LogP contribution >= 0.6 is 11.8 Å². The van der Waals surface area contributed by atoms with Gasteiger partial charge in [0.1, 0.15) is 0 Å². The Balaban J connectivity index is 2.21. The van der Waals surface area contributed by atoms with E-state index in [1.807, 2.05) is 11.8 Å². The molecule has 18 heavy (non-hydrogen) atoms. The molecule has 2 N–H and O–H groups in total. The standard InChI is InChI=1S/C15H31NOS/c1-14(2)10-13(11-15(3,4)12-14)16-6-9-18-8-5-7-17/h13,16-17H,5-12H2,1-4H3. The molecule has 0 aromatic carbocycles. The number of hydrogen-bond acceptors (Lipinski definition) is 3. The summed E-state index contributed by atoms with van der Waals surface area (Å²) in [6.45, 7) is 11.0. The zero-order chi connectivity index (χ0) is 13.6. The number of hydrogen-bond donors (Lipinski definition) is 2. The summed E-state index contributed by atoms with van der Waals surface area (Å²) in [6, 6.07) is 0.683. The Morgan fingerprint density at radius 3 is 2.28 bits per heavy atom. The molecule has 0 aromatic rings. The van der Waals surface area contributed by atoms with Gasteiger partial charge in [-0.3, -0.25) is 0 Å². The molecule has 2 nitrogen and oxygen atoms in total. The quantitative estimate of drug-likeness (QED) is 0.698. The largest absolute Gasteiger partial charge is 0.396 e. The molecule has 0 amide bonds. The summed E-state index contributed by atoms with van der Waals surface area (Å²) in [5.74, 6) is 2.25. The third-order valence-electron chi connectivity index (χ3n) is 3.68. The maximum Gasteiger partial charge on any atom is 0.0438 e. The van der Waals surface area contributed by atoms with Crippen LogP contribution in [-0.2, 0) is 0 Å². The van der Waals surface area contributed by atoms with Crippen LogP contribution in [0.2, 0.25) is 0 Å². The summed E-state index contributed by atoms with van der Waals surface area (Å²) in [4.78, 5) is 0. The predicted molar refractivity (Wildman–Crippen MR) is 82.2 cm³/mol. The number of aliphatic hydroxyl groups is 1. The van der Waals surface area contributed by atoms with Crippen molar-refractivity contribution in [2.45, 2.75) is 59.4 Å². The van der Waals surface area contributed by atoms with E-state index >= 15 is 0 Å². The van der Waals surface area contributed by atoms with Crippen molar-refractivity contribution in [2.24, 2.45) is 10.8 Å². The second kappa shape index (κ2) is 7.16. The lowest BCUT2D eigenvalue weighted by Gasteiger charge is -2.45. The van der Waals surface area contributed by atoms with Crippen molar-refractivity contribution < 1.29 is 5.11 Å². The Kier molecular flexibility index (Phi) is 6.49. The molecule has 0 unspecified atom stereocenters. The molecule has 0 saturated heterocycles. The van der Waals surface area contributed by atoms with E-state index in [1.165, 1.54) is 19.3 Å². The number of thioether (sulfide) groups is 1. The molecule has 1 aliphatic carbocycles. The first-order valence-corrected chi connectivity index (χ1v) is 8.42. The van der Waals surface area contributed by atoms with Crippen LogP contribution in [0.1, 0.15) is 53.4 Å². The van der Waals surface area contributed by atoms with E-state index < -0.39 is 0 Å². The van der Waals surface area contributed by atoms with Gasteiger partial charge in [0.05, 0.1) is 0 Å². The summed E-state index contributed by atoms with van der Waals surface area (Å²) >= 11 is 1.94. The molecular formula is C15H31NOS. The minimum absolute atomic E-state index is 0.325. The van der Waals surface area contributed by atoms with Crippen molar-refractivity contribution in [3.05, 3.63) is 0 Å². The summed E-state index contributed by atoms with van der Waals surface area (Å²) in [5, 5.41) is 12.4. The highest BCUT2D eigenvalue weighted by Crippen LogP contribution is 2.45. The second-order valence-electron chi connectivity index (χ2n) is 7.25. The van der Waals surface area contributed by atoms with Crippen molar-refractivity contribution in [1.29, 1.82) is 0 Å². The van der Waals surface area contributed by atoms with E-state index in [0.29, 0.717) is 23.5 Å². The van der Waals surface area contributed by atoms with Gasteiger partial charge in [-0.15, -0.1) is 0 Å². The third-order valence-corrected chi connectivity index (χ3v) is 4.75. The van der Waals surface area contributed by atoms with Gasteiger partial charge in [-0.05, 0) is 42.3 Å². The Morgan fingerprint density at radius 2 is 1.72 bits per heavy atom. The molecule has 3 heteroatoms. The molecule has 0 bridgehead atoms. The van der Waals surface area contributed by atoms with Crippen molar-refractivity contribution in [3.63, 3.8) is 0 Å². The molecule has 108 valence electrons. The summed E-state index contributed by atoms with van der Waals surface area (Å²) in [6.07, 6.45) is 4.87. The van der Waals surface area contributed by atoms with E-state index in [-0.39, 0.29) is 0 Å². The molecule has 1 rings (SSSR count). The lowest BCUT2D eigenvalue weighted by atomic mass is 9.63. The topological polar surface area (TPSA) is 32.3 Å². The van der Waals surface area contributed by atoms with Crippen molar-refractivity contribution in [1.82, 2.24) is 5.32 Å². The van der Waals surface area contributed by atoms with Crippen LogP contribution in [0.25, 0.3) is 0 Å². The minimum atomic E-state index is 0.325. The Morgan fingerprint density at radius 1 is 1.11 bits per heavy atom. The van der Waals surface area contributed by atoms with E-state index in [4.69, 9.17) is 5.11 Å². The first kappa shape index (κ1) is 16.3. The SMILES string of the molecule is CC1(C)CC(NCCSCCCO)CC(C)(C)C1. The Bertz CT molecular complexity index is 225. The Labute approximate surface area is 117 Å². The highest BCUT2D eigenvalue weighted by Gasteiger charge is 2.37. The molecule has 1 aliphatic rings. The van der Waals surface area contributed by atoms with Gasteiger partial charge in [0.2, 0.25) is 0 Å². The molecule has 0 heterocycles. The van der Waals surface area contributed by atoms with Crippen LogP contribution in [0.3, 0.4) is 0 Å². The monoisotopic (exact) mass is 273 g/mol. The van der Waals surface area contributed by atoms with Gasteiger partial charge in [-0.2, -0.15) is 11.8 Å². The Hall–Kier alpha value is 0.270. The van der Waals surface area contributed by atoms with Crippen LogP contribution in [0, 0.1) is 10.8 Å². The molecule has 1 fully saturated rings. The van der Waals surface area contributed by atoms with Crippen LogP contribution in [0.15, 0.2) is 0 Å². The van der Waals surface area contributed by atoms with Gasteiger partial charge in [0, 0.05) is 24.9 Å². The predicted octanol–water partition coefficient (Wildman–Crippen LogP) is 3.30. The van der Waals surface area contributed by atoms with Crippen molar-refractivity contribution in [2.75, 3.05) is 24.7 Å². The minimum Gasteiger partial charge on any atom is -0.396 e. The maximum atomic E-state index is 8.71. The lowest BCUT2D eigenvalue weighted by Crippen LogP contribution is -2.44. The van der Waals surface area contributed by atoms with Gasteiger partial charge in [-0.25, -0.2) is 0 Å². The van der Waals surface area contributed by atoms with Crippen LogP contribution in [-0.4, -0.2) is 35.8 Å². The van der Waals surface area contributed by atoms with E-state index in [9.17, 15) is 0 Å². The fourth-order valence-electron chi connectivity index (χ4n) is 3.59. The van der Waals surface area contributed by atoms with Gasteiger partial charge >= 0.3 is 0 Å². The molecule has 0 radical (unpaired) electrons. The zero-order valence-corrected chi connectivity index (χ0v) is 13.4. The molecule has 0 atom stereocenters. The number of rotatable bonds is 7. The molecule has 0 aromatic heterocycles. The smallest absolute Gasteiger partial charge is 0.0438 e. The highest BCUT2D eigenvalue weighted by atomic mass is 32.2. The normalized spacial score (nSPS) is 23.2. The van der Waals surface area contributed by atoms with E-state index in [0.717, 1.165) is 24.5 Å². The van der Waals surface area contributed by atoms with Gasteiger partial charge < -0.3 is 10.4 Å². The van der Waals surface area contributed by atoms with Gasteiger partial charge in [0.15, 0.2) is 0 Å². The average Bonchev–Trinajstić information content (AvgIpc) is 2.18. The first-order valence-electron chi connectivity index (χ1n) is 7.27. The molecular weight excluding hydrogens is 242 g/mol. The fraction of sp³-hybridized carbons (Fsp3) is 1.00. The van der Waals surface area contributed by atoms with Crippen molar-refractivity contribution >= 4 is 11.8 Å². The third kappa shape index (κ3) is 6.44. The first-order chi connectivity index (χ1) is 8.35. The van der Waals surface area contributed by atoms with Crippen LogP contribution < -0.4 is 5.32 Å². The highest BCUT2D eigenvalue weighted by molar-refractivity contribution is 7.99. The zero-order valence-electron chi connectivity index (χ0n) is 12.6. The molecule has 0 spiro atoms. The van der Waals surface area contributed by atoms with E-state index in [1.54, 1.807) is 0 Å². The lowest BCUT2D eigenvalue weighted by molar-refractivity contribution is 0.0860. The number of aliphatic hydroxyl groups excluding tert-OH is 1. The fourth-order valence-corrected chi connectivity index (χ4v) is 4.39. The van der Waals surface area contributed by atoms with Gasteiger partial charge in [-0.1, -0.05) is 27.7 Å². The number of nitrogens with one attached hydrogen (secondary N) is 1. The van der Waals surface area contributed by atoms with Crippen LogP contribution in [0.4, 0.5) is 0 Å². The maximum absolute atomic E-state index is 8.71. The average molecular weight is 273 g/mol. The molecule has 0 aliphatic heterocycles. The van der Waals surface area contributed by atoms with Crippen LogP contribution in [0.5, 0.6) is 0 Å². The van der Waals surface area contributed by atoms with E-state index in [2.05, 4.69) is 33.0 Å². The second-order valence-corrected chi connectivity index (χ2v) is 8.48. The summed E-state index contributed by atoms with van der Waals surface area (Å²) < 4.78 is 0. The summed E-state index contributed by atoms with van der Waals surface area (Å²) in [5.41, 5.74) is 0.951. The van der Waals surface area contributed by atoms with Gasteiger partial charge in [0.25, 0.3) is 0 Å². The summed E-state index contributed by atoms with van der Waals surface area (Å²) in [7, 11) is 0.